The molecule has 8 heteroatoms. The number of nitrogens with one attached hydrogen (secondary N) is 3. The van der Waals surface area contributed by atoms with Crippen molar-refractivity contribution in [3.05, 3.63) is 101 Å². The fourth-order valence-electron chi connectivity index (χ4n) is 4.94. The number of carbonyl (C=O) groups is 1. The second-order valence-electron chi connectivity index (χ2n) is 9.75. The molecule has 1 unspecified atom stereocenters. The maximum Gasteiger partial charge on any atom is 0.319 e. The molecule has 0 bridgehead atoms. The van der Waals surface area contributed by atoms with Crippen LogP contribution >= 0.6 is 0 Å². The van der Waals surface area contributed by atoms with E-state index in [0.717, 1.165) is 30.9 Å². The van der Waals surface area contributed by atoms with Crippen molar-refractivity contribution >= 4 is 11.7 Å². The number of hydrogen-bond donors (Lipinski definition) is 4. The van der Waals surface area contributed by atoms with Gasteiger partial charge >= 0.3 is 6.03 Å². The summed E-state index contributed by atoms with van der Waals surface area (Å²) in [5.74, 6) is -1.42. The molecule has 1 aliphatic heterocycles. The lowest BCUT2D eigenvalue weighted by Gasteiger charge is -2.40. The van der Waals surface area contributed by atoms with Gasteiger partial charge in [-0.25, -0.2) is 13.6 Å². The standard InChI is InChI=1S/C30H35F2N3O3/c1-2-21-7-6-8-23(15-21)30(11-13-38-14-12-30)33-20-28(36)27(18-22-16-24(31)19-25(32)17-22)35-29(37)34-26-9-4-3-5-10-26/h3-10,15-17,19,27-28,33,36H,2,11-14,18,20H2,1H3,(H2,34,35,37)/t27?,28-/m1/s1. The Morgan fingerprint density at radius 3 is 2.37 bits per heavy atom. The van der Waals surface area contributed by atoms with Gasteiger partial charge < -0.3 is 25.8 Å². The molecule has 1 heterocycles. The topological polar surface area (TPSA) is 82.6 Å². The van der Waals surface area contributed by atoms with Gasteiger partial charge in [0.25, 0.3) is 0 Å². The van der Waals surface area contributed by atoms with Gasteiger partial charge in [0.05, 0.1) is 12.1 Å². The zero-order valence-electron chi connectivity index (χ0n) is 21.6. The zero-order valence-corrected chi connectivity index (χ0v) is 21.6. The van der Waals surface area contributed by atoms with Crippen molar-refractivity contribution in [2.45, 2.75) is 50.3 Å². The Hall–Kier alpha value is -3.33. The lowest BCUT2D eigenvalue weighted by molar-refractivity contribution is 0.0272. The molecule has 1 fully saturated rings. The molecule has 4 rings (SSSR count). The van der Waals surface area contributed by atoms with Crippen molar-refractivity contribution in [1.82, 2.24) is 10.6 Å². The SMILES string of the molecule is CCc1cccc(C2(NC[C@@H](O)C(Cc3cc(F)cc(F)c3)NC(=O)Nc3ccccc3)CCOCC2)c1. The molecule has 4 N–H and O–H groups in total. The summed E-state index contributed by atoms with van der Waals surface area (Å²) in [6.07, 6.45) is 1.37. The third-order valence-electron chi connectivity index (χ3n) is 7.07. The molecule has 1 aliphatic rings. The minimum absolute atomic E-state index is 0.0428. The Balaban J connectivity index is 1.52. The lowest BCUT2D eigenvalue weighted by atomic mass is 9.81. The average molecular weight is 524 g/mol. The lowest BCUT2D eigenvalue weighted by Crippen LogP contribution is -2.54. The molecule has 0 spiro atoms. The Bertz CT molecular complexity index is 1180. The number of hydrogen-bond acceptors (Lipinski definition) is 4. The third kappa shape index (κ3) is 7.37. The number of aliphatic hydroxyl groups excluding tert-OH is 1. The largest absolute Gasteiger partial charge is 0.390 e. The molecule has 0 aromatic heterocycles. The summed E-state index contributed by atoms with van der Waals surface area (Å²) in [5.41, 5.74) is 2.88. The Labute approximate surface area is 222 Å². The van der Waals surface area contributed by atoms with Crippen LogP contribution in [-0.2, 0) is 23.1 Å². The molecule has 1 saturated heterocycles. The van der Waals surface area contributed by atoms with E-state index in [1.807, 2.05) is 12.1 Å². The molecule has 0 saturated carbocycles. The first-order valence-corrected chi connectivity index (χ1v) is 13.0. The average Bonchev–Trinajstić information content (AvgIpc) is 2.92. The molecule has 2 atom stereocenters. The minimum Gasteiger partial charge on any atom is -0.390 e. The van der Waals surface area contributed by atoms with E-state index in [0.29, 0.717) is 24.5 Å². The van der Waals surface area contributed by atoms with Gasteiger partial charge in [0.2, 0.25) is 0 Å². The van der Waals surface area contributed by atoms with E-state index in [2.05, 4.69) is 41.1 Å². The van der Waals surface area contributed by atoms with E-state index < -0.39 is 35.4 Å². The summed E-state index contributed by atoms with van der Waals surface area (Å²) < 4.78 is 33.4. The van der Waals surface area contributed by atoms with Crippen LogP contribution < -0.4 is 16.0 Å². The Morgan fingerprint density at radius 1 is 0.974 bits per heavy atom. The summed E-state index contributed by atoms with van der Waals surface area (Å²) in [6.45, 7) is 3.44. The Kier molecular flexibility index (Phi) is 9.44. The van der Waals surface area contributed by atoms with E-state index in [9.17, 15) is 18.7 Å². The van der Waals surface area contributed by atoms with Gasteiger partial charge in [0, 0.05) is 37.1 Å². The number of ether oxygens (including phenoxy) is 1. The molecular weight excluding hydrogens is 488 g/mol. The number of aliphatic hydroxyl groups is 1. The predicted octanol–water partition coefficient (Wildman–Crippen LogP) is 4.92. The predicted molar refractivity (Wildman–Crippen MR) is 144 cm³/mol. The van der Waals surface area contributed by atoms with Crippen molar-refractivity contribution in [3.63, 3.8) is 0 Å². The molecule has 38 heavy (non-hydrogen) atoms. The van der Waals surface area contributed by atoms with Gasteiger partial charge in [-0.3, -0.25) is 0 Å². The number of benzene rings is 3. The molecule has 0 radical (unpaired) electrons. The number of aryl methyl sites for hydroxylation is 1. The first kappa shape index (κ1) is 27.7. The minimum atomic E-state index is -1.04. The van der Waals surface area contributed by atoms with Gasteiger partial charge in [-0.05, 0) is 66.6 Å². The second-order valence-corrected chi connectivity index (χ2v) is 9.75. The van der Waals surface area contributed by atoms with Crippen LogP contribution in [-0.4, -0.2) is 43.0 Å². The fraction of sp³-hybridized carbons (Fsp3) is 0.367. The number of carbonyl (C=O) groups excluding carboxylic acids is 1. The van der Waals surface area contributed by atoms with Crippen LogP contribution in [0.1, 0.15) is 36.5 Å². The van der Waals surface area contributed by atoms with Crippen molar-refractivity contribution in [2.24, 2.45) is 0 Å². The van der Waals surface area contributed by atoms with Crippen LogP contribution in [0, 0.1) is 11.6 Å². The summed E-state index contributed by atoms with van der Waals surface area (Å²) in [4.78, 5) is 12.8. The summed E-state index contributed by atoms with van der Waals surface area (Å²) >= 11 is 0. The smallest absolute Gasteiger partial charge is 0.319 e. The molecule has 202 valence electrons. The number of rotatable bonds is 10. The van der Waals surface area contributed by atoms with E-state index >= 15 is 0 Å². The van der Waals surface area contributed by atoms with Crippen molar-refractivity contribution in [2.75, 3.05) is 25.1 Å². The summed E-state index contributed by atoms with van der Waals surface area (Å²) in [6, 6.07) is 19.2. The normalized spacial score (nSPS) is 16.4. The van der Waals surface area contributed by atoms with Crippen LogP contribution in [0.2, 0.25) is 0 Å². The van der Waals surface area contributed by atoms with E-state index in [-0.39, 0.29) is 13.0 Å². The van der Waals surface area contributed by atoms with Crippen LogP contribution in [0.3, 0.4) is 0 Å². The van der Waals surface area contributed by atoms with Gasteiger partial charge in [-0.1, -0.05) is 49.4 Å². The monoisotopic (exact) mass is 523 g/mol. The first-order valence-electron chi connectivity index (χ1n) is 13.0. The number of para-hydroxylation sites is 1. The van der Waals surface area contributed by atoms with Crippen LogP contribution in [0.4, 0.5) is 19.3 Å². The maximum atomic E-state index is 13.9. The molecule has 6 nitrogen and oxygen atoms in total. The molecule has 0 aliphatic carbocycles. The quantitative estimate of drug-likeness (QED) is 0.304. The van der Waals surface area contributed by atoms with E-state index in [1.165, 1.54) is 17.7 Å². The van der Waals surface area contributed by atoms with Gasteiger partial charge in [0.15, 0.2) is 0 Å². The van der Waals surface area contributed by atoms with Gasteiger partial charge in [-0.2, -0.15) is 0 Å². The van der Waals surface area contributed by atoms with Crippen molar-refractivity contribution < 1.29 is 23.4 Å². The molecule has 2 amide bonds. The maximum absolute atomic E-state index is 13.9. The highest BCUT2D eigenvalue weighted by Gasteiger charge is 2.35. The summed E-state index contributed by atoms with van der Waals surface area (Å²) in [7, 11) is 0. The molecule has 3 aromatic rings. The first-order chi connectivity index (χ1) is 18.4. The van der Waals surface area contributed by atoms with Gasteiger partial charge in [-0.15, -0.1) is 0 Å². The third-order valence-corrected chi connectivity index (χ3v) is 7.07. The summed E-state index contributed by atoms with van der Waals surface area (Å²) in [5, 5.41) is 20.4. The van der Waals surface area contributed by atoms with Crippen LogP contribution in [0.5, 0.6) is 0 Å². The highest BCUT2D eigenvalue weighted by Crippen LogP contribution is 2.33. The van der Waals surface area contributed by atoms with Crippen LogP contribution in [0.25, 0.3) is 0 Å². The number of anilines is 1. The Morgan fingerprint density at radius 2 is 1.68 bits per heavy atom. The van der Waals surface area contributed by atoms with Crippen molar-refractivity contribution in [3.8, 4) is 0 Å². The highest BCUT2D eigenvalue weighted by molar-refractivity contribution is 5.89. The second kappa shape index (κ2) is 13.0. The van der Waals surface area contributed by atoms with E-state index in [4.69, 9.17) is 4.74 Å². The van der Waals surface area contributed by atoms with Gasteiger partial charge in [0.1, 0.15) is 11.6 Å². The molecular formula is C30H35F2N3O3. The van der Waals surface area contributed by atoms with E-state index in [1.54, 1.807) is 24.3 Å². The van der Waals surface area contributed by atoms with Crippen LogP contribution in [0.15, 0.2) is 72.8 Å². The molecule has 3 aromatic carbocycles. The zero-order chi connectivity index (χ0) is 27.0. The fourth-order valence-corrected chi connectivity index (χ4v) is 4.94. The van der Waals surface area contributed by atoms with Crippen molar-refractivity contribution in [1.29, 1.82) is 0 Å². The number of urea groups is 1. The highest BCUT2D eigenvalue weighted by atomic mass is 19.1. The number of amides is 2. The number of halogens is 2.